The van der Waals surface area contributed by atoms with Gasteiger partial charge in [0.05, 0.1) is 47.1 Å². The van der Waals surface area contributed by atoms with E-state index in [0.29, 0.717) is 101 Å². The molecule has 0 saturated carbocycles. The molecule has 0 spiro atoms. The van der Waals surface area contributed by atoms with E-state index >= 15 is 0 Å². The summed E-state index contributed by atoms with van der Waals surface area (Å²) in [5, 5.41) is 0.0962. The highest BCUT2D eigenvalue weighted by Crippen LogP contribution is 2.57. The summed E-state index contributed by atoms with van der Waals surface area (Å²) in [5.41, 5.74) is 15.2. The van der Waals surface area contributed by atoms with Gasteiger partial charge < -0.3 is 28.4 Å². The van der Waals surface area contributed by atoms with Crippen molar-refractivity contribution >= 4 is 147 Å². The average Bonchev–Trinajstić information content (AvgIpc) is 1.63. The Hall–Kier alpha value is -16.6. The number of hydrogen-bond donors (Lipinski definition) is 0. The molecule has 20 aromatic carbocycles. The Kier molecular flexibility index (Phi) is 12.2. The molecule has 9 heteroatoms. The molecule has 6 aliphatic heterocycles. The van der Waals surface area contributed by atoms with E-state index in [1.165, 1.54) is 0 Å². The molecule has 0 unspecified atom stereocenters. The summed E-state index contributed by atoms with van der Waals surface area (Å²) in [4.78, 5) is 4.50. The molecule has 0 atom stereocenters. The Morgan fingerprint density at radius 3 is 0.860 bits per heavy atom. The van der Waals surface area contributed by atoms with E-state index in [9.17, 15) is 24.7 Å². The predicted octanol–water partition coefficient (Wildman–Crippen LogP) is 24.8. The molecule has 594 valence electrons. The van der Waals surface area contributed by atoms with Crippen molar-refractivity contribution in [3.8, 4) is 135 Å². The lowest BCUT2D eigenvalue weighted by Crippen LogP contribution is -2.67. The topological polar surface area (TPSA) is 34.8 Å². The Morgan fingerprint density at radius 2 is 0.512 bits per heavy atom. The van der Waals surface area contributed by atoms with Crippen molar-refractivity contribution in [2.24, 2.45) is 0 Å². The molecule has 0 N–H and O–H groups in total. The van der Waals surface area contributed by atoms with Crippen LogP contribution in [-0.2, 0) is 0 Å². The standard InChI is InChI=1S/C120H73B3N4O2/c1-10-34-74(35-11-1)83-60-62-108-96(66-83)121-98-68-85(76-38-14-3-15-39-76)64-94-92-52-28-30-58-100(92)124(117(94)98)104-72-106-113(119(128-108)111(104)121)123-110-102(126(106)115-88(79-44-20-6-21-45-79)54-32-55-89(115)80-46-22-7-23-47-80)70-87(78-42-18-5-19-43-78)71-103(110)127(116-90(81-48-24-8-25-49-81)56-33-57-91(116)82-50-26-9-27-51-82)107-73-105-112-120(114(107)123)129-109-63-61-84(75-36-12-2-13-37-75)67-97(109)122(112)99-69-86(77-40-16-4-17-41-77)65-95-93-53-29-31-59-101(93)125(105)118(95)99/h1-73H/i28D,29D,30D,31D,52D,53D,58D,59D,60D,61D,62D,63D,64D,65D,66D,67D,68D,69D. The lowest BCUT2D eigenvalue weighted by Gasteiger charge is -2.48. The molecule has 0 saturated heterocycles. The van der Waals surface area contributed by atoms with E-state index in [0.717, 1.165) is 27.8 Å². The van der Waals surface area contributed by atoms with Crippen LogP contribution in [0.15, 0.2) is 442 Å². The van der Waals surface area contributed by atoms with Crippen molar-refractivity contribution in [3.63, 3.8) is 0 Å². The molecular weight excluding hydrogens is 1560 g/mol. The van der Waals surface area contributed by atoms with E-state index in [1.807, 2.05) is 140 Å². The highest BCUT2D eigenvalue weighted by Gasteiger charge is 2.55. The summed E-state index contributed by atoms with van der Waals surface area (Å²) in [6.45, 7) is -4.33. The molecule has 0 amide bonds. The molecule has 22 aromatic rings. The highest BCUT2D eigenvalue weighted by atomic mass is 16.5. The lowest BCUT2D eigenvalue weighted by molar-refractivity contribution is 0.490. The predicted molar refractivity (Wildman–Crippen MR) is 540 cm³/mol. The molecule has 0 radical (unpaired) electrons. The zero-order chi connectivity index (χ0) is 99.9. The van der Waals surface area contributed by atoms with Crippen LogP contribution in [0.1, 0.15) is 24.7 Å². The summed E-state index contributed by atoms with van der Waals surface area (Å²) >= 11 is 0. The number of fused-ring (bicyclic) bond motifs is 20. The van der Waals surface area contributed by atoms with Gasteiger partial charge in [0.15, 0.2) is 0 Å². The van der Waals surface area contributed by atoms with Crippen molar-refractivity contribution in [1.82, 2.24) is 9.13 Å². The molecule has 0 bridgehead atoms. The Balaban J connectivity index is 0.908. The van der Waals surface area contributed by atoms with E-state index in [-0.39, 0.29) is 181 Å². The number of aromatic nitrogens is 2. The molecule has 8 heterocycles. The van der Waals surface area contributed by atoms with Gasteiger partial charge in [-0.2, -0.15) is 0 Å². The number of hydrogen-bond acceptors (Lipinski definition) is 4. The summed E-state index contributed by atoms with van der Waals surface area (Å²) in [6.07, 6.45) is 0. The monoisotopic (exact) mass is 1650 g/mol. The second-order valence-electron chi connectivity index (χ2n) is 33.6. The van der Waals surface area contributed by atoms with Crippen LogP contribution in [0.2, 0.25) is 0 Å². The average molecular weight is 1650 g/mol. The van der Waals surface area contributed by atoms with Gasteiger partial charge in [-0.1, -0.05) is 382 Å². The van der Waals surface area contributed by atoms with Crippen LogP contribution in [0, 0.1) is 0 Å². The maximum Gasteiger partial charge on any atom is 0.261 e. The van der Waals surface area contributed by atoms with Gasteiger partial charge in [0.2, 0.25) is 0 Å². The van der Waals surface area contributed by atoms with Crippen molar-refractivity contribution in [2.75, 3.05) is 9.80 Å². The van der Waals surface area contributed by atoms with Crippen molar-refractivity contribution in [2.45, 2.75) is 0 Å². The van der Waals surface area contributed by atoms with E-state index in [2.05, 4.69) is 107 Å². The number of benzene rings is 20. The van der Waals surface area contributed by atoms with Crippen LogP contribution in [0.25, 0.3) is 155 Å². The maximum atomic E-state index is 11.5. The number of rotatable bonds is 11. The molecule has 6 aliphatic rings. The SMILES string of the molecule is [2H]c1c([2H])c(-c2ccccc2)c([2H])c2c1Oc1c3c(cc4c1B2c1c([2H])c(-c2ccccc2)c([2H])c2c5c([2H])c([2H])c([2H])c([2H])c5n-4c12)N(c1c(-c2ccccc2)cccc1-c1ccccc1)c1cc(-c2ccccc2)cc2c1B3c1c(cc3c4c1Oc1c([2H])c([2H])c(-c5ccccc5)c([2H])c1B4c1c([2H])c(-c4ccccc4)c([2H])c4c5c([2H])c([2H])c([2H])c([2H])c5n-3c14)N2c1c(-c2ccccc2)cccc1-c1ccccc1. The van der Waals surface area contributed by atoms with E-state index in [4.69, 9.17) is 9.47 Å². The summed E-state index contributed by atoms with van der Waals surface area (Å²) in [6, 6.07) is 99.7. The van der Waals surface area contributed by atoms with Crippen molar-refractivity contribution < 1.29 is 34.1 Å². The van der Waals surface area contributed by atoms with Crippen LogP contribution >= 0.6 is 0 Å². The quantitative estimate of drug-likeness (QED) is 0.121. The third-order valence-corrected chi connectivity index (χ3v) is 26.8. The Bertz CT molecular complexity index is 9020. The normalized spacial score (nSPS) is 15.0. The highest BCUT2D eigenvalue weighted by molar-refractivity contribution is 7.05. The van der Waals surface area contributed by atoms with Gasteiger partial charge in [0.1, 0.15) is 23.0 Å². The molecule has 2 aromatic heterocycles. The van der Waals surface area contributed by atoms with Crippen LogP contribution in [-0.4, -0.2) is 29.3 Å². The minimum atomic E-state index is -1.46. The van der Waals surface area contributed by atoms with Crippen molar-refractivity contribution in [3.05, 3.63) is 442 Å². The fourth-order valence-electron chi connectivity index (χ4n) is 21.4. The summed E-state index contributed by atoms with van der Waals surface area (Å²) in [7, 11) is 0. The van der Waals surface area contributed by atoms with Crippen LogP contribution in [0.5, 0.6) is 23.0 Å². The Labute approximate surface area is 772 Å². The molecule has 0 aliphatic carbocycles. The zero-order valence-electron chi connectivity index (χ0n) is 86.6. The molecule has 129 heavy (non-hydrogen) atoms. The fraction of sp³-hybridized carbons (Fsp3) is 0. The third kappa shape index (κ3) is 10.6. The smallest absolute Gasteiger partial charge is 0.261 e. The second-order valence-corrected chi connectivity index (χ2v) is 33.6. The number of anilines is 6. The Morgan fingerprint density at radius 1 is 0.217 bits per heavy atom. The molecule has 6 nitrogen and oxygen atoms in total. The first kappa shape index (κ1) is 56.3. The van der Waals surface area contributed by atoms with Crippen LogP contribution in [0.4, 0.5) is 34.1 Å². The van der Waals surface area contributed by atoms with E-state index < -0.39 is 80.6 Å². The molecule has 28 rings (SSSR count). The third-order valence-electron chi connectivity index (χ3n) is 26.8. The largest absolute Gasteiger partial charge is 0.459 e. The summed E-state index contributed by atoms with van der Waals surface area (Å²) in [5.74, 6) is -0.446. The van der Waals surface area contributed by atoms with E-state index in [1.54, 1.807) is 106 Å². The van der Waals surface area contributed by atoms with Gasteiger partial charge >= 0.3 is 0 Å². The second kappa shape index (κ2) is 27.9. The van der Waals surface area contributed by atoms with Gasteiger partial charge in [0, 0.05) is 89.0 Å². The zero-order valence-corrected chi connectivity index (χ0v) is 68.6. The first-order valence-electron chi connectivity index (χ1n) is 52.3. The van der Waals surface area contributed by atoms with Gasteiger partial charge in [-0.15, -0.1) is 0 Å². The van der Waals surface area contributed by atoms with Crippen LogP contribution < -0.4 is 68.4 Å². The minimum Gasteiger partial charge on any atom is -0.459 e. The number of nitrogens with zero attached hydrogens (tertiary/aromatic N) is 4. The number of ether oxygens (including phenoxy) is 2. The van der Waals surface area contributed by atoms with Crippen LogP contribution in [0.3, 0.4) is 0 Å². The number of para-hydroxylation sites is 4. The minimum absolute atomic E-state index is 0.0136. The fourth-order valence-corrected chi connectivity index (χ4v) is 21.4. The van der Waals surface area contributed by atoms with Gasteiger partial charge in [-0.05, 0) is 188 Å². The first-order valence-corrected chi connectivity index (χ1v) is 43.3. The van der Waals surface area contributed by atoms with Gasteiger partial charge in [-0.25, -0.2) is 0 Å². The van der Waals surface area contributed by atoms with Gasteiger partial charge in [-0.3, -0.25) is 0 Å². The lowest BCUT2D eigenvalue weighted by atomic mass is 9.28. The first-order chi connectivity index (χ1) is 71.6. The van der Waals surface area contributed by atoms with Gasteiger partial charge in [0.25, 0.3) is 20.1 Å². The summed E-state index contributed by atoms with van der Waals surface area (Å²) < 4.78 is 213. The van der Waals surface area contributed by atoms with Crippen molar-refractivity contribution in [1.29, 1.82) is 0 Å². The molecular formula is C120H73B3N4O2. The molecule has 0 fully saturated rings. The maximum absolute atomic E-state index is 11.5.